The average molecular weight is 495 g/mol. The van der Waals surface area contributed by atoms with E-state index in [1.165, 1.54) is 4.31 Å². The van der Waals surface area contributed by atoms with E-state index in [0.717, 1.165) is 16.9 Å². The van der Waals surface area contributed by atoms with E-state index in [9.17, 15) is 13.2 Å². The number of piperidine rings is 1. The Hall–Kier alpha value is -2.27. The van der Waals surface area contributed by atoms with Crippen LogP contribution in [0, 0.1) is 5.92 Å². The lowest BCUT2D eigenvalue weighted by Gasteiger charge is -2.30. The zero-order valence-electron chi connectivity index (χ0n) is 17.5. The van der Waals surface area contributed by atoms with Crippen molar-refractivity contribution in [2.45, 2.75) is 36.9 Å². The zero-order valence-corrected chi connectivity index (χ0v) is 19.8. The van der Waals surface area contributed by atoms with Gasteiger partial charge in [0.2, 0.25) is 17.6 Å². The number of aromatic nitrogens is 2. The van der Waals surface area contributed by atoms with Crippen LogP contribution in [-0.2, 0) is 27.8 Å². The van der Waals surface area contributed by atoms with Crippen LogP contribution >= 0.6 is 22.9 Å². The Morgan fingerprint density at radius 1 is 1.34 bits per heavy atom. The molecular formula is C21H23ClN4O4S2. The van der Waals surface area contributed by atoms with Gasteiger partial charge in [-0.3, -0.25) is 4.79 Å². The standard InChI is InChI=1S/C21H23ClN4O4S2/c1-2-18-24-20(25-30-18)16-10-19(31-13-16)32(28,29)26-9-3-4-15(12-26)21(27)23-11-14-5-7-17(22)8-6-14/h5-8,10,13,15H,2-4,9,11-12H2,1H3,(H,23,27)/t15-/m1/s1. The fourth-order valence-electron chi connectivity index (χ4n) is 3.52. The van der Waals surface area contributed by atoms with E-state index in [1.807, 2.05) is 19.1 Å². The van der Waals surface area contributed by atoms with Crippen LogP contribution in [-0.4, -0.2) is 41.9 Å². The molecule has 3 aromatic rings. The van der Waals surface area contributed by atoms with Gasteiger partial charge in [-0.2, -0.15) is 9.29 Å². The number of rotatable bonds is 7. The van der Waals surface area contributed by atoms with E-state index in [0.29, 0.717) is 54.7 Å². The van der Waals surface area contributed by atoms with E-state index in [-0.39, 0.29) is 16.7 Å². The van der Waals surface area contributed by atoms with E-state index in [4.69, 9.17) is 16.1 Å². The molecule has 0 unspecified atom stereocenters. The SMILES string of the molecule is CCc1nc(-c2csc(S(=O)(=O)N3CCC[C@@H](C(=O)NCc4ccc(Cl)cc4)C3)c2)no1. The fraction of sp³-hybridized carbons (Fsp3) is 0.381. The number of benzene rings is 1. The Bertz CT molecular complexity index is 1190. The molecule has 1 fully saturated rings. The summed E-state index contributed by atoms with van der Waals surface area (Å²) in [7, 11) is -3.72. The van der Waals surface area contributed by atoms with Gasteiger partial charge in [-0.25, -0.2) is 8.42 Å². The Balaban J connectivity index is 1.41. The van der Waals surface area contributed by atoms with Gasteiger partial charge in [0.25, 0.3) is 10.0 Å². The van der Waals surface area contributed by atoms with E-state index in [1.54, 1.807) is 23.6 Å². The minimum atomic E-state index is -3.72. The second kappa shape index (κ2) is 9.70. The summed E-state index contributed by atoms with van der Waals surface area (Å²) in [6.45, 7) is 2.82. The number of thiophene rings is 1. The molecule has 0 radical (unpaired) electrons. The number of carbonyl (C=O) groups is 1. The summed E-state index contributed by atoms with van der Waals surface area (Å²) in [4.78, 5) is 16.9. The number of sulfonamides is 1. The smallest absolute Gasteiger partial charge is 0.252 e. The normalized spacial score (nSPS) is 17.4. The number of hydrogen-bond acceptors (Lipinski definition) is 7. The fourth-order valence-corrected chi connectivity index (χ4v) is 6.48. The molecule has 32 heavy (non-hydrogen) atoms. The summed E-state index contributed by atoms with van der Waals surface area (Å²) in [5.74, 6) is 0.330. The summed E-state index contributed by atoms with van der Waals surface area (Å²) < 4.78 is 33.1. The van der Waals surface area contributed by atoms with Crippen LogP contribution in [0.25, 0.3) is 11.4 Å². The maximum Gasteiger partial charge on any atom is 0.252 e. The van der Waals surface area contributed by atoms with Crippen molar-refractivity contribution in [1.82, 2.24) is 19.8 Å². The van der Waals surface area contributed by atoms with Crippen LogP contribution < -0.4 is 5.32 Å². The van der Waals surface area contributed by atoms with Crippen LogP contribution in [0.4, 0.5) is 0 Å². The first-order valence-corrected chi connectivity index (χ1v) is 13.0. The van der Waals surface area contributed by atoms with E-state index < -0.39 is 15.9 Å². The van der Waals surface area contributed by atoms with Crippen molar-refractivity contribution in [3.05, 3.63) is 52.2 Å². The van der Waals surface area contributed by atoms with Gasteiger partial charge in [-0.15, -0.1) is 11.3 Å². The third kappa shape index (κ3) is 5.03. The average Bonchev–Trinajstić information content (AvgIpc) is 3.48. The lowest BCUT2D eigenvalue weighted by atomic mass is 9.99. The lowest BCUT2D eigenvalue weighted by molar-refractivity contribution is -0.126. The van der Waals surface area contributed by atoms with Gasteiger partial charge in [0, 0.05) is 42.0 Å². The van der Waals surface area contributed by atoms with E-state index >= 15 is 0 Å². The summed E-state index contributed by atoms with van der Waals surface area (Å²) in [6.07, 6.45) is 1.88. The molecule has 1 amide bonds. The molecule has 11 heteroatoms. The summed E-state index contributed by atoms with van der Waals surface area (Å²) >= 11 is 7.01. The molecule has 0 saturated carbocycles. The number of amides is 1. The molecule has 0 bridgehead atoms. The predicted octanol–water partition coefficient (Wildman–Crippen LogP) is 3.73. The molecule has 170 valence electrons. The third-order valence-corrected chi connectivity index (χ3v) is 8.87. The van der Waals surface area contributed by atoms with Gasteiger partial charge >= 0.3 is 0 Å². The first-order chi connectivity index (χ1) is 15.4. The van der Waals surface area contributed by atoms with Gasteiger partial charge in [-0.05, 0) is 36.6 Å². The molecule has 1 N–H and O–H groups in total. The molecule has 1 atom stereocenters. The first kappa shape index (κ1) is 22.9. The molecule has 1 saturated heterocycles. The molecule has 1 aliphatic heterocycles. The second-order valence-electron chi connectivity index (χ2n) is 7.57. The van der Waals surface area contributed by atoms with Crippen LogP contribution in [0.15, 0.2) is 44.4 Å². The second-order valence-corrected chi connectivity index (χ2v) is 11.1. The molecule has 1 aliphatic rings. The van der Waals surface area contributed by atoms with Crippen LogP contribution in [0.2, 0.25) is 5.02 Å². The minimum Gasteiger partial charge on any atom is -0.352 e. The van der Waals surface area contributed by atoms with Gasteiger partial charge in [0.15, 0.2) is 0 Å². The van der Waals surface area contributed by atoms with Crippen LogP contribution in [0.1, 0.15) is 31.2 Å². The number of nitrogens with one attached hydrogen (secondary N) is 1. The highest BCUT2D eigenvalue weighted by atomic mass is 35.5. The number of hydrogen-bond donors (Lipinski definition) is 1. The maximum absolute atomic E-state index is 13.2. The van der Waals surface area contributed by atoms with Crippen molar-refractivity contribution < 1.29 is 17.7 Å². The monoisotopic (exact) mass is 494 g/mol. The van der Waals surface area contributed by atoms with Gasteiger partial charge in [-0.1, -0.05) is 35.8 Å². The summed E-state index contributed by atoms with van der Waals surface area (Å²) in [6, 6.07) is 8.80. The predicted molar refractivity (Wildman–Crippen MR) is 122 cm³/mol. The molecule has 1 aromatic carbocycles. The molecule has 2 aromatic heterocycles. The number of halogens is 1. The summed E-state index contributed by atoms with van der Waals surface area (Å²) in [5.41, 5.74) is 1.54. The van der Waals surface area contributed by atoms with Gasteiger partial charge < -0.3 is 9.84 Å². The molecular weight excluding hydrogens is 472 g/mol. The highest BCUT2D eigenvalue weighted by molar-refractivity contribution is 7.91. The molecule has 4 rings (SSSR count). The topological polar surface area (TPSA) is 105 Å². The molecule has 0 aliphatic carbocycles. The molecule has 0 spiro atoms. The van der Waals surface area contributed by atoms with Gasteiger partial charge in [0.05, 0.1) is 5.92 Å². The van der Waals surface area contributed by atoms with Crippen molar-refractivity contribution >= 4 is 38.9 Å². The van der Waals surface area contributed by atoms with Crippen molar-refractivity contribution in [1.29, 1.82) is 0 Å². The van der Waals surface area contributed by atoms with Crippen LogP contribution in [0.3, 0.4) is 0 Å². The number of nitrogens with zero attached hydrogens (tertiary/aromatic N) is 3. The lowest BCUT2D eigenvalue weighted by Crippen LogP contribution is -2.45. The number of carbonyl (C=O) groups excluding carboxylic acids is 1. The largest absolute Gasteiger partial charge is 0.352 e. The zero-order chi connectivity index (χ0) is 22.7. The summed E-state index contributed by atoms with van der Waals surface area (Å²) in [5, 5.41) is 9.15. The minimum absolute atomic E-state index is 0.148. The molecule has 8 nitrogen and oxygen atoms in total. The Labute approximate surface area is 195 Å². The first-order valence-electron chi connectivity index (χ1n) is 10.3. The highest BCUT2D eigenvalue weighted by Gasteiger charge is 2.34. The Morgan fingerprint density at radius 2 is 2.12 bits per heavy atom. The Kier molecular flexibility index (Phi) is 6.94. The quantitative estimate of drug-likeness (QED) is 0.536. The van der Waals surface area contributed by atoms with E-state index in [2.05, 4.69) is 15.5 Å². The molecule has 3 heterocycles. The third-order valence-electron chi connectivity index (χ3n) is 5.33. The van der Waals surface area contributed by atoms with Crippen LogP contribution in [0.5, 0.6) is 0 Å². The van der Waals surface area contributed by atoms with Crippen molar-refractivity contribution in [2.75, 3.05) is 13.1 Å². The Morgan fingerprint density at radius 3 is 2.84 bits per heavy atom. The van der Waals surface area contributed by atoms with Crippen molar-refractivity contribution in [3.8, 4) is 11.4 Å². The van der Waals surface area contributed by atoms with Gasteiger partial charge in [0.1, 0.15) is 4.21 Å². The highest BCUT2D eigenvalue weighted by Crippen LogP contribution is 2.31. The maximum atomic E-state index is 13.2. The van der Waals surface area contributed by atoms with Crippen molar-refractivity contribution in [3.63, 3.8) is 0 Å². The number of aryl methyl sites for hydroxylation is 1. The van der Waals surface area contributed by atoms with Crippen molar-refractivity contribution in [2.24, 2.45) is 5.92 Å².